The number of carbonyl (C=O) groups is 2. The second kappa shape index (κ2) is 5.71. The maximum Gasteiger partial charge on any atom is 0.318 e. The number of benzene rings is 1. The van der Waals surface area contributed by atoms with Crippen molar-refractivity contribution in [3.8, 4) is 0 Å². The van der Waals surface area contributed by atoms with Crippen molar-refractivity contribution in [2.45, 2.75) is 37.8 Å². The maximum atomic E-state index is 13.5. The van der Waals surface area contributed by atoms with Gasteiger partial charge in [0.05, 0.1) is 12.2 Å². The monoisotopic (exact) mass is 291 g/mol. The standard InChI is InChI=1S/C15H18FN3O2/c16-11-7-3-4-8-12(11)17-14(20)13-9-19(15(21)18-13)10-5-1-2-6-10/h3-4,7-8,10,13H,1-2,5-6,9H2,(H,17,20)(H,18,21). The zero-order chi connectivity index (χ0) is 14.8. The van der Waals surface area contributed by atoms with Crippen molar-refractivity contribution in [3.63, 3.8) is 0 Å². The third-order valence-corrected chi connectivity index (χ3v) is 4.15. The number of rotatable bonds is 3. The molecule has 1 aromatic rings. The van der Waals surface area contributed by atoms with Gasteiger partial charge in [-0.15, -0.1) is 0 Å². The molecule has 1 unspecified atom stereocenters. The second-order valence-electron chi connectivity index (χ2n) is 5.56. The number of hydrogen-bond donors (Lipinski definition) is 2. The summed E-state index contributed by atoms with van der Waals surface area (Å²) in [7, 11) is 0. The van der Waals surface area contributed by atoms with E-state index in [1.807, 2.05) is 0 Å². The Morgan fingerprint density at radius 2 is 2.00 bits per heavy atom. The number of halogens is 1. The minimum Gasteiger partial charge on any atom is -0.324 e. The zero-order valence-corrected chi connectivity index (χ0v) is 11.6. The molecule has 1 aliphatic heterocycles. The predicted molar refractivity (Wildman–Crippen MR) is 76.3 cm³/mol. The molecule has 1 heterocycles. The first kappa shape index (κ1) is 13.9. The van der Waals surface area contributed by atoms with Gasteiger partial charge in [-0.05, 0) is 25.0 Å². The molecule has 1 saturated carbocycles. The molecule has 2 N–H and O–H groups in total. The van der Waals surface area contributed by atoms with Crippen LogP contribution < -0.4 is 10.6 Å². The van der Waals surface area contributed by atoms with Crippen molar-refractivity contribution in [2.75, 3.05) is 11.9 Å². The average molecular weight is 291 g/mol. The Labute approximate surface area is 122 Å². The first-order valence-electron chi connectivity index (χ1n) is 7.27. The van der Waals surface area contributed by atoms with Crippen molar-refractivity contribution >= 4 is 17.6 Å². The molecule has 0 spiro atoms. The number of nitrogens with zero attached hydrogens (tertiary/aromatic N) is 1. The highest BCUT2D eigenvalue weighted by Gasteiger charge is 2.38. The lowest BCUT2D eigenvalue weighted by Gasteiger charge is -2.22. The predicted octanol–water partition coefficient (Wildman–Crippen LogP) is 2.10. The van der Waals surface area contributed by atoms with Gasteiger partial charge < -0.3 is 15.5 Å². The van der Waals surface area contributed by atoms with Crippen LogP contribution in [0.25, 0.3) is 0 Å². The van der Waals surface area contributed by atoms with Gasteiger partial charge in [-0.1, -0.05) is 25.0 Å². The van der Waals surface area contributed by atoms with Crippen LogP contribution in [0, 0.1) is 5.82 Å². The number of carbonyl (C=O) groups excluding carboxylic acids is 2. The van der Waals surface area contributed by atoms with E-state index in [4.69, 9.17) is 0 Å². The van der Waals surface area contributed by atoms with Crippen molar-refractivity contribution < 1.29 is 14.0 Å². The highest BCUT2D eigenvalue weighted by atomic mass is 19.1. The number of urea groups is 1. The molecule has 2 fully saturated rings. The van der Waals surface area contributed by atoms with Crippen LogP contribution in [0.2, 0.25) is 0 Å². The molecule has 0 aromatic heterocycles. The number of anilines is 1. The van der Waals surface area contributed by atoms with E-state index in [0.717, 1.165) is 25.7 Å². The lowest BCUT2D eigenvalue weighted by molar-refractivity contribution is -0.117. The molecule has 1 saturated heterocycles. The molecule has 112 valence electrons. The molecule has 2 aliphatic rings. The Kier molecular flexibility index (Phi) is 3.77. The quantitative estimate of drug-likeness (QED) is 0.896. The summed E-state index contributed by atoms with van der Waals surface area (Å²) < 4.78 is 13.5. The lowest BCUT2D eigenvalue weighted by atomic mass is 10.2. The fourth-order valence-corrected chi connectivity index (χ4v) is 3.02. The van der Waals surface area contributed by atoms with Gasteiger partial charge in [0.25, 0.3) is 0 Å². The van der Waals surface area contributed by atoms with Crippen LogP contribution in [-0.2, 0) is 4.79 Å². The summed E-state index contributed by atoms with van der Waals surface area (Å²) in [5.41, 5.74) is 0.135. The van der Waals surface area contributed by atoms with E-state index in [1.54, 1.807) is 17.0 Å². The van der Waals surface area contributed by atoms with Crippen molar-refractivity contribution in [1.82, 2.24) is 10.2 Å². The first-order valence-corrected chi connectivity index (χ1v) is 7.27. The van der Waals surface area contributed by atoms with E-state index in [1.165, 1.54) is 12.1 Å². The van der Waals surface area contributed by atoms with Crippen molar-refractivity contribution in [2.24, 2.45) is 0 Å². The Morgan fingerprint density at radius 1 is 1.29 bits per heavy atom. The van der Waals surface area contributed by atoms with Gasteiger partial charge in [-0.2, -0.15) is 0 Å². The van der Waals surface area contributed by atoms with Crippen LogP contribution in [-0.4, -0.2) is 35.5 Å². The third kappa shape index (κ3) is 2.84. The van der Waals surface area contributed by atoms with E-state index >= 15 is 0 Å². The van der Waals surface area contributed by atoms with Gasteiger partial charge in [0.2, 0.25) is 5.91 Å². The Bertz CT molecular complexity index is 558. The normalized spacial score (nSPS) is 22.4. The molecule has 3 amide bonds. The fourth-order valence-electron chi connectivity index (χ4n) is 3.02. The SMILES string of the molecule is O=C(Nc1ccccc1F)C1CN(C2CCCC2)C(=O)N1. The summed E-state index contributed by atoms with van der Waals surface area (Å²) in [6.45, 7) is 0.351. The fraction of sp³-hybridized carbons (Fsp3) is 0.467. The first-order chi connectivity index (χ1) is 10.1. The van der Waals surface area contributed by atoms with Gasteiger partial charge >= 0.3 is 6.03 Å². The smallest absolute Gasteiger partial charge is 0.318 e. The summed E-state index contributed by atoms with van der Waals surface area (Å²) in [5, 5.41) is 5.20. The van der Waals surface area contributed by atoms with E-state index < -0.39 is 11.9 Å². The largest absolute Gasteiger partial charge is 0.324 e. The van der Waals surface area contributed by atoms with E-state index in [-0.39, 0.29) is 23.7 Å². The molecule has 1 aromatic carbocycles. The molecule has 5 nitrogen and oxygen atoms in total. The van der Waals surface area contributed by atoms with Crippen LogP contribution in [0.3, 0.4) is 0 Å². The molecule has 21 heavy (non-hydrogen) atoms. The summed E-state index contributed by atoms with van der Waals surface area (Å²) in [6.07, 6.45) is 4.24. The Balaban J connectivity index is 1.64. The third-order valence-electron chi connectivity index (χ3n) is 4.15. The highest BCUT2D eigenvalue weighted by molar-refractivity contribution is 5.99. The second-order valence-corrected chi connectivity index (χ2v) is 5.56. The van der Waals surface area contributed by atoms with Crippen LogP contribution >= 0.6 is 0 Å². The van der Waals surface area contributed by atoms with Gasteiger partial charge in [-0.25, -0.2) is 9.18 Å². The minimum absolute atomic E-state index is 0.135. The number of para-hydroxylation sites is 1. The van der Waals surface area contributed by atoms with Crippen LogP contribution in [0.4, 0.5) is 14.9 Å². The summed E-state index contributed by atoms with van der Waals surface area (Å²) in [6, 6.07) is 5.40. The summed E-state index contributed by atoms with van der Waals surface area (Å²) >= 11 is 0. The van der Waals surface area contributed by atoms with Crippen LogP contribution in [0.1, 0.15) is 25.7 Å². The average Bonchev–Trinajstić information content (AvgIpc) is 3.10. The van der Waals surface area contributed by atoms with Crippen molar-refractivity contribution in [1.29, 1.82) is 0 Å². The molecule has 3 rings (SSSR count). The number of hydrogen-bond acceptors (Lipinski definition) is 2. The highest BCUT2D eigenvalue weighted by Crippen LogP contribution is 2.25. The van der Waals surface area contributed by atoms with E-state index in [9.17, 15) is 14.0 Å². The Morgan fingerprint density at radius 3 is 2.71 bits per heavy atom. The zero-order valence-electron chi connectivity index (χ0n) is 11.6. The van der Waals surface area contributed by atoms with Gasteiger partial charge in [-0.3, -0.25) is 4.79 Å². The van der Waals surface area contributed by atoms with Gasteiger partial charge in [0.15, 0.2) is 0 Å². The van der Waals surface area contributed by atoms with Crippen LogP contribution in [0.5, 0.6) is 0 Å². The van der Waals surface area contributed by atoms with Crippen LogP contribution in [0.15, 0.2) is 24.3 Å². The molecule has 6 heteroatoms. The topological polar surface area (TPSA) is 61.4 Å². The molecular formula is C15H18FN3O2. The summed E-state index contributed by atoms with van der Waals surface area (Å²) in [5.74, 6) is -0.864. The molecule has 0 radical (unpaired) electrons. The number of nitrogens with one attached hydrogen (secondary N) is 2. The Hall–Kier alpha value is -2.11. The minimum atomic E-state index is -0.627. The molecule has 1 atom stereocenters. The summed E-state index contributed by atoms with van der Waals surface area (Å²) in [4.78, 5) is 25.8. The lowest BCUT2D eigenvalue weighted by Crippen LogP contribution is -2.38. The molecule has 1 aliphatic carbocycles. The van der Waals surface area contributed by atoms with Gasteiger partial charge in [0, 0.05) is 6.04 Å². The van der Waals surface area contributed by atoms with Gasteiger partial charge in [0.1, 0.15) is 11.9 Å². The molecule has 0 bridgehead atoms. The number of amides is 3. The van der Waals surface area contributed by atoms with E-state index in [2.05, 4.69) is 10.6 Å². The maximum absolute atomic E-state index is 13.5. The van der Waals surface area contributed by atoms with Crippen molar-refractivity contribution in [3.05, 3.63) is 30.1 Å². The molecular weight excluding hydrogens is 273 g/mol. The van der Waals surface area contributed by atoms with E-state index in [0.29, 0.717) is 6.54 Å².